The zero-order valence-electron chi connectivity index (χ0n) is 12.0. The Morgan fingerprint density at radius 2 is 1.85 bits per heavy atom. The van der Waals surface area contributed by atoms with Crippen LogP contribution in [0.25, 0.3) is 0 Å². The van der Waals surface area contributed by atoms with Gasteiger partial charge in [0.25, 0.3) is 0 Å². The second-order valence-electron chi connectivity index (χ2n) is 4.92. The third-order valence-electron chi connectivity index (χ3n) is 3.16. The Hall–Kier alpha value is -1.71. The van der Waals surface area contributed by atoms with Crippen molar-refractivity contribution in [2.45, 2.75) is 58.3 Å². The lowest BCUT2D eigenvalue weighted by Crippen LogP contribution is -2.20. The molecule has 0 saturated carbocycles. The summed E-state index contributed by atoms with van der Waals surface area (Å²) in [5.74, 6) is -1.67. The zero-order chi connectivity index (χ0) is 14.8. The summed E-state index contributed by atoms with van der Waals surface area (Å²) in [5.41, 5.74) is -0.0382. The molecule has 0 aromatic heterocycles. The van der Waals surface area contributed by atoms with Gasteiger partial charge in [-0.15, -0.1) is 0 Å². The van der Waals surface area contributed by atoms with Gasteiger partial charge in [-0.1, -0.05) is 51.2 Å². The molecule has 0 heterocycles. The number of rotatable bonds is 8. The van der Waals surface area contributed by atoms with Crippen LogP contribution in [0.5, 0.6) is 0 Å². The van der Waals surface area contributed by atoms with E-state index in [1.165, 1.54) is 25.3 Å². The van der Waals surface area contributed by atoms with Crippen LogP contribution in [-0.2, 0) is 19.1 Å². The van der Waals surface area contributed by atoms with Gasteiger partial charge >= 0.3 is 11.9 Å². The van der Waals surface area contributed by atoms with Crippen molar-refractivity contribution in [2.24, 2.45) is 0 Å². The van der Waals surface area contributed by atoms with Gasteiger partial charge in [-0.05, 0) is 12.5 Å². The number of Topliss-reactive ketones (excluding diaryl/α,β-unsaturated/α-hetero) is 1. The van der Waals surface area contributed by atoms with E-state index in [4.69, 9.17) is 0 Å². The number of allylic oxidation sites excluding steroid dienone is 3. The predicted octanol–water partition coefficient (Wildman–Crippen LogP) is 3.26. The molecule has 1 rings (SSSR count). The largest absolute Gasteiger partial charge is 0.389 e. The highest BCUT2D eigenvalue weighted by atomic mass is 16.6. The van der Waals surface area contributed by atoms with Crippen molar-refractivity contribution >= 4 is 17.7 Å². The number of hydrogen-bond acceptors (Lipinski definition) is 4. The van der Waals surface area contributed by atoms with Gasteiger partial charge in [0.2, 0.25) is 0 Å². The lowest BCUT2D eigenvalue weighted by atomic mass is 10.0. The molecule has 0 radical (unpaired) electrons. The number of carbonyl (C=O) groups is 3. The molecule has 0 aliphatic heterocycles. The van der Waals surface area contributed by atoms with Gasteiger partial charge in [0.15, 0.2) is 5.78 Å². The van der Waals surface area contributed by atoms with E-state index in [-0.39, 0.29) is 24.2 Å². The molecule has 4 nitrogen and oxygen atoms in total. The molecule has 0 saturated heterocycles. The Bertz CT molecular complexity index is 418. The number of unbranched alkanes of at least 4 members (excludes halogenated alkanes) is 5. The number of ether oxygens (including phenoxy) is 1. The Balaban J connectivity index is 2.22. The van der Waals surface area contributed by atoms with Crippen molar-refractivity contribution in [1.82, 2.24) is 0 Å². The molecule has 0 aromatic carbocycles. The SMILES string of the molecule is CCCCCCCCC(=O)OC(=O)C1=CC=CCC1=O. The predicted molar refractivity (Wildman–Crippen MR) is 75.9 cm³/mol. The first-order chi connectivity index (χ1) is 9.65. The molecule has 20 heavy (non-hydrogen) atoms. The van der Waals surface area contributed by atoms with E-state index < -0.39 is 11.9 Å². The Morgan fingerprint density at radius 3 is 2.55 bits per heavy atom. The van der Waals surface area contributed by atoms with Gasteiger partial charge in [0.05, 0.1) is 0 Å². The molecule has 110 valence electrons. The van der Waals surface area contributed by atoms with Crippen molar-refractivity contribution in [3.05, 3.63) is 23.8 Å². The second kappa shape index (κ2) is 9.23. The lowest BCUT2D eigenvalue weighted by molar-refractivity contribution is -0.157. The van der Waals surface area contributed by atoms with Crippen LogP contribution in [0.1, 0.15) is 58.3 Å². The molecule has 1 aliphatic carbocycles. The Morgan fingerprint density at radius 1 is 1.15 bits per heavy atom. The molecule has 4 heteroatoms. The number of carbonyl (C=O) groups excluding carboxylic acids is 3. The van der Waals surface area contributed by atoms with Crippen LogP contribution in [-0.4, -0.2) is 17.7 Å². The molecule has 0 atom stereocenters. The van der Waals surface area contributed by atoms with Crippen molar-refractivity contribution in [3.63, 3.8) is 0 Å². The topological polar surface area (TPSA) is 60.4 Å². The molecule has 0 fully saturated rings. The van der Waals surface area contributed by atoms with Crippen LogP contribution in [0.15, 0.2) is 23.8 Å². The first kappa shape index (κ1) is 16.3. The monoisotopic (exact) mass is 278 g/mol. The first-order valence-electron chi connectivity index (χ1n) is 7.30. The van der Waals surface area contributed by atoms with Gasteiger partial charge in [0.1, 0.15) is 5.57 Å². The van der Waals surface area contributed by atoms with Crippen LogP contribution in [0.4, 0.5) is 0 Å². The summed E-state index contributed by atoms with van der Waals surface area (Å²) in [6.07, 6.45) is 11.5. The van der Waals surface area contributed by atoms with Gasteiger partial charge < -0.3 is 4.74 Å². The summed E-state index contributed by atoms with van der Waals surface area (Å²) in [6.45, 7) is 2.15. The molecule has 0 amide bonds. The molecule has 0 bridgehead atoms. The smallest absolute Gasteiger partial charge is 0.349 e. The fourth-order valence-electron chi connectivity index (χ4n) is 1.98. The minimum absolute atomic E-state index is 0.0382. The number of hydrogen-bond donors (Lipinski definition) is 0. The van der Waals surface area contributed by atoms with Crippen LogP contribution >= 0.6 is 0 Å². The van der Waals surface area contributed by atoms with Crippen LogP contribution < -0.4 is 0 Å². The van der Waals surface area contributed by atoms with Crippen LogP contribution in [0.3, 0.4) is 0 Å². The lowest BCUT2D eigenvalue weighted by Gasteiger charge is -2.07. The van der Waals surface area contributed by atoms with Gasteiger partial charge in [0, 0.05) is 12.8 Å². The van der Waals surface area contributed by atoms with E-state index in [2.05, 4.69) is 11.7 Å². The van der Waals surface area contributed by atoms with E-state index in [0.29, 0.717) is 0 Å². The first-order valence-corrected chi connectivity index (χ1v) is 7.30. The van der Waals surface area contributed by atoms with Crippen molar-refractivity contribution < 1.29 is 19.1 Å². The van der Waals surface area contributed by atoms with E-state index in [1.54, 1.807) is 12.2 Å². The highest BCUT2D eigenvalue weighted by molar-refractivity contribution is 6.20. The molecule has 0 aromatic rings. The van der Waals surface area contributed by atoms with Crippen molar-refractivity contribution in [2.75, 3.05) is 0 Å². The molecular weight excluding hydrogens is 256 g/mol. The molecule has 1 aliphatic rings. The van der Waals surface area contributed by atoms with Gasteiger partial charge in [-0.2, -0.15) is 0 Å². The maximum atomic E-state index is 11.6. The van der Waals surface area contributed by atoms with Crippen LogP contribution in [0, 0.1) is 0 Å². The van der Waals surface area contributed by atoms with E-state index in [9.17, 15) is 14.4 Å². The summed E-state index contributed by atoms with van der Waals surface area (Å²) in [5, 5.41) is 0. The highest BCUT2D eigenvalue weighted by Crippen LogP contribution is 2.11. The fourth-order valence-corrected chi connectivity index (χ4v) is 1.98. The Kier molecular flexibility index (Phi) is 7.55. The standard InChI is InChI=1S/C16H22O4/c1-2-3-4-5-6-7-12-15(18)20-16(19)13-10-8-9-11-14(13)17/h8-10H,2-7,11-12H2,1H3. The third-order valence-corrected chi connectivity index (χ3v) is 3.16. The summed E-state index contributed by atoms with van der Waals surface area (Å²) in [7, 11) is 0. The second-order valence-corrected chi connectivity index (χ2v) is 4.92. The van der Waals surface area contributed by atoms with Crippen LogP contribution in [0.2, 0.25) is 0 Å². The maximum Gasteiger partial charge on any atom is 0.349 e. The third kappa shape index (κ3) is 5.95. The summed E-state index contributed by atoms with van der Waals surface area (Å²) in [4.78, 5) is 34.6. The average molecular weight is 278 g/mol. The van der Waals surface area contributed by atoms with E-state index >= 15 is 0 Å². The molecule has 0 unspecified atom stereocenters. The quantitative estimate of drug-likeness (QED) is 0.296. The van der Waals surface area contributed by atoms with E-state index in [0.717, 1.165) is 19.3 Å². The maximum absolute atomic E-state index is 11.6. The van der Waals surface area contributed by atoms with Gasteiger partial charge in [-0.3, -0.25) is 9.59 Å². The normalized spacial score (nSPS) is 14.1. The number of esters is 2. The average Bonchev–Trinajstić information content (AvgIpc) is 2.43. The highest BCUT2D eigenvalue weighted by Gasteiger charge is 2.22. The fraction of sp³-hybridized carbons (Fsp3) is 0.562. The molecular formula is C16H22O4. The molecule has 0 N–H and O–H groups in total. The minimum atomic E-state index is -0.824. The van der Waals surface area contributed by atoms with E-state index in [1.807, 2.05) is 0 Å². The summed E-state index contributed by atoms with van der Waals surface area (Å²) < 4.78 is 4.69. The summed E-state index contributed by atoms with van der Waals surface area (Å²) in [6, 6.07) is 0. The van der Waals surface area contributed by atoms with Crippen molar-refractivity contribution in [3.8, 4) is 0 Å². The Labute approximate surface area is 119 Å². The zero-order valence-corrected chi connectivity index (χ0v) is 12.0. The van der Waals surface area contributed by atoms with Crippen molar-refractivity contribution in [1.29, 1.82) is 0 Å². The minimum Gasteiger partial charge on any atom is -0.389 e. The number of ketones is 1. The summed E-state index contributed by atoms with van der Waals surface area (Å²) >= 11 is 0. The van der Waals surface area contributed by atoms with Gasteiger partial charge in [-0.25, -0.2) is 4.79 Å². The molecule has 0 spiro atoms.